The largest absolute Gasteiger partial charge is 0.432 e. The number of hydrogen-bond acceptors (Lipinski definition) is 4. The number of oxazole rings is 1. The van der Waals surface area contributed by atoms with Crippen molar-refractivity contribution in [2.75, 3.05) is 5.32 Å². The average molecular weight is 237 g/mol. The van der Waals surface area contributed by atoms with Gasteiger partial charge in [0.15, 0.2) is 5.54 Å². The van der Waals surface area contributed by atoms with Gasteiger partial charge < -0.3 is 10.2 Å². The number of nitrogens with one attached hydrogen (secondary N) is 1. The highest BCUT2D eigenvalue weighted by molar-refractivity contribution is 5.96. The van der Waals surface area contributed by atoms with Gasteiger partial charge >= 0.3 is 12.2 Å². The van der Waals surface area contributed by atoms with E-state index < -0.39 is 17.6 Å². The highest BCUT2D eigenvalue weighted by Gasteiger charge is 2.54. The molecule has 1 amide bonds. The first kappa shape index (κ1) is 12.5. The Balaban J connectivity index is 2.80. The molecule has 3 N–H and O–H groups in total. The normalized spacial score (nSPS) is 15.6. The fourth-order valence-corrected chi connectivity index (χ4v) is 0.767. The van der Waals surface area contributed by atoms with Gasteiger partial charge in [0.05, 0.1) is 5.69 Å². The van der Waals surface area contributed by atoms with Crippen molar-refractivity contribution in [3.8, 4) is 0 Å². The van der Waals surface area contributed by atoms with Crippen LogP contribution in [0.4, 0.5) is 19.2 Å². The van der Waals surface area contributed by atoms with Crippen LogP contribution in [0, 0.1) is 6.92 Å². The highest BCUT2D eigenvalue weighted by Crippen LogP contribution is 2.28. The van der Waals surface area contributed by atoms with E-state index in [1.165, 1.54) is 6.26 Å². The molecule has 90 valence electrons. The average Bonchev–Trinajstić information content (AvgIpc) is 2.49. The van der Waals surface area contributed by atoms with Crippen molar-refractivity contribution in [3.05, 3.63) is 12.0 Å². The number of alkyl halides is 3. The summed E-state index contributed by atoms with van der Waals surface area (Å²) in [6, 6.07) is -0.316. The van der Waals surface area contributed by atoms with Crippen LogP contribution in [-0.2, 0) is 4.79 Å². The van der Waals surface area contributed by atoms with Crippen molar-refractivity contribution in [2.45, 2.75) is 25.6 Å². The van der Waals surface area contributed by atoms with Crippen molar-refractivity contribution in [3.63, 3.8) is 0 Å². The molecular weight excluding hydrogens is 227 g/mol. The minimum absolute atomic E-state index is 0.316. The van der Waals surface area contributed by atoms with E-state index in [0.717, 1.165) is 0 Å². The Morgan fingerprint density at radius 3 is 2.50 bits per heavy atom. The number of aryl methyl sites for hydroxylation is 1. The molecule has 1 rings (SSSR count). The van der Waals surface area contributed by atoms with Gasteiger partial charge in [0.2, 0.25) is 0 Å². The summed E-state index contributed by atoms with van der Waals surface area (Å²) < 4.78 is 41.7. The lowest BCUT2D eigenvalue weighted by Gasteiger charge is -2.25. The summed E-state index contributed by atoms with van der Waals surface area (Å²) in [5, 5.41) is 1.85. The van der Waals surface area contributed by atoms with Gasteiger partial charge in [-0.3, -0.25) is 10.1 Å². The molecule has 0 radical (unpaired) electrons. The number of rotatable bonds is 2. The van der Waals surface area contributed by atoms with Crippen molar-refractivity contribution in [1.29, 1.82) is 0 Å². The quantitative estimate of drug-likeness (QED) is 0.809. The van der Waals surface area contributed by atoms with E-state index in [0.29, 0.717) is 12.6 Å². The number of amides is 1. The highest BCUT2D eigenvalue weighted by atomic mass is 19.4. The van der Waals surface area contributed by atoms with Gasteiger partial charge in [-0.2, -0.15) is 18.2 Å². The smallest absolute Gasteiger partial charge is 0.415 e. The van der Waals surface area contributed by atoms with Gasteiger partial charge in [-0.1, -0.05) is 0 Å². The van der Waals surface area contributed by atoms with Crippen LogP contribution >= 0.6 is 0 Å². The fourth-order valence-electron chi connectivity index (χ4n) is 0.767. The van der Waals surface area contributed by atoms with E-state index in [4.69, 9.17) is 5.73 Å². The minimum atomic E-state index is -4.85. The van der Waals surface area contributed by atoms with Crippen LogP contribution in [0.3, 0.4) is 0 Å². The first-order valence-electron chi connectivity index (χ1n) is 4.24. The Labute approximate surface area is 88.8 Å². The third-order valence-corrected chi connectivity index (χ3v) is 1.90. The number of halogens is 3. The Morgan fingerprint density at radius 2 is 2.12 bits per heavy atom. The van der Waals surface area contributed by atoms with Crippen LogP contribution in [-0.4, -0.2) is 22.6 Å². The molecule has 0 bridgehead atoms. The summed E-state index contributed by atoms with van der Waals surface area (Å²) >= 11 is 0. The summed E-state index contributed by atoms with van der Waals surface area (Å²) in [5.74, 6) is -1.43. The number of nitrogens with two attached hydrogens (primary N) is 1. The summed E-state index contributed by atoms with van der Waals surface area (Å²) in [7, 11) is 0. The van der Waals surface area contributed by atoms with E-state index in [9.17, 15) is 18.0 Å². The number of carbonyl (C=O) groups excluding carboxylic acids is 1. The number of aromatic nitrogens is 1. The Hall–Kier alpha value is -1.57. The zero-order valence-corrected chi connectivity index (χ0v) is 8.55. The second-order valence-electron chi connectivity index (χ2n) is 3.45. The molecule has 0 spiro atoms. The first-order valence-corrected chi connectivity index (χ1v) is 4.24. The molecular formula is C8H10F3N3O2. The summed E-state index contributed by atoms with van der Waals surface area (Å²) in [6.45, 7) is 2.13. The maximum absolute atomic E-state index is 12.4. The van der Waals surface area contributed by atoms with E-state index in [2.05, 4.69) is 9.40 Å². The van der Waals surface area contributed by atoms with Crippen LogP contribution < -0.4 is 11.1 Å². The van der Waals surface area contributed by atoms with Gasteiger partial charge in [0, 0.05) is 0 Å². The molecule has 0 saturated heterocycles. The third-order valence-electron chi connectivity index (χ3n) is 1.90. The standard InChI is InChI=1S/C8H10F3N3O2/c1-4-3-16-6(13-4)14-5(15)7(2,12)8(9,10)11/h3H,12H2,1-2H3,(H,13,14,15). The monoisotopic (exact) mass is 237 g/mol. The molecule has 1 unspecified atom stereocenters. The van der Waals surface area contributed by atoms with Gasteiger partial charge in [-0.25, -0.2) is 0 Å². The van der Waals surface area contributed by atoms with E-state index in [1.54, 1.807) is 6.92 Å². The molecule has 0 aliphatic rings. The molecule has 0 aliphatic carbocycles. The van der Waals surface area contributed by atoms with Crippen LogP contribution in [0.25, 0.3) is 0 Å². The Bertz CT molecular complexity index is 397. The lowest BCUT2D eigenvalue weighted by molar-refractivity contribution is -0.184. The van der Waals surface area contributed by atoms with Gasteiger partial charge in [-0.15, -0.1) is 0 Å². The predicted octanol–water partition coefficient (Wildman–Crippen LogP) is 1.20. The van der Waals surface area contributed by atoms with E-state index in [-0.39, 0.29) is 6.01 Å². The second kappa shape index (κ2) is 3.78. The lowest BCUT2D eigenvalue weighted by atomic mass is 10.0. The third kappa shape index (κ3) is 2.32. The Kier molecular flexibility index (Phi) is 2.95. The Morgan fingerprint density at radius 1 is 1.56 bits per heavy atom. The predicted molar refractivity (Wildman–Crippen MR) is 48.5 cm³/mol. The molecule has 1 aromatic rings. The van der Waals surface area contributed by atoms with Crippen molar-refractivity contribution in [2.24, 2.45) is 5.73 Å². The SMILES string of the molecule is Cc1coc(NC(=O)C(C)(N)C(F)(F)F)n1. The van der Waals surface area contributed by atoms with Crippen molar-refractivity contribution in [1.82, 2.24) is 4.98 Å². The maximum Gasteiger partial charge on any atom is 0.415 e. The topological polar surface area (TPSA) is 81.2 Å². The zero-order valence-electron chi connectivity index (χ0n) is 8.55. The van der Waals surface area contributed by atoms with Crippen LogP contribution in [0.2, 0.25) is 0 Å². The maximum atomic E-state index is 12.4. The summed E-state index contributed by atoms with van der Waals surface area (Å²) in [5.41, 5.74) is 2.33. The molecule has 1 atom stereocenters. The van der Waals surface area contributed by atoms with E-state index >= 15 is 0 Å². The zero-order chi connectivity index (χ0) is 12.6. The van der Waals surface area contributed by atoms with Gasteiger partial charge in [0.25, 0.3) is 5.91 Å². The molecule has 0 saturated carbocycles. The van der Waals surface area contributed by atoms with Crippen molar-refractivity contribution >= 4 is 11.9 Å². The number of anilines is 1. The number of nitrogens with zero attached hydrogens (tertiary/aromatic N) is 1. The molecule has 1 heterocycles. The van der Waals surface area contributed by atoms with Gasteiger partial charge in [-0.05, 0) is 13.8 Å². The molecule has 5 nitrogen and oxygen atoms in total. The lowest BCUT2D eigenvalue weighted by Crippen LogP contribution is -2.59. The minimum Gasteiger partial charge on any atom is -0.432 e. The molecule has 0 fully saturated rings. The van der Waals surface area contributed by atoms with E-state index in [1.807, 2.05) is 5.32 Å². The number of carbonyl (C=O) groups is 1. The summed E-state index contributed by atoms with van der Waals surface area (Å²) in [4.78, 5) is 14.9. The summed E-state index contributed by atoms with van der Waals surface area (Å²) in [6.07, 6.45) is -3.66. The first-order chi connectivity index (χ1) is 7.14. The molecule has 8 heteroatoms. The molecule has 1 aromatic heterocycles. The van der Waals surface area contributed by atoms with Crippen LogP contribution in [0.5, 0.6) is 0 Å². The van der Waals surface area contributed by atoms with Gasteiger partial charge in [0.1, 0.15) is 6.26 Å². The molecule has 16 heavy (non-hydrogen) atoms. The van der Waals surface area contributed by atoms with Crippen LogP contribution in [0.1, 0.15) is 12.6 Å². The second-order valence-corrected chi connectivity index (χ2v) is 3.45. The van der Waals surface area contributed by atoms with Crippen LogP contribution in [0.15, 0.2) is 10.7 Å². The molecule has 0 aliphatic heterocycles. The molecule has 0 aromatic carbocycles. The van der Waals surface area contributed by atoms with Crippen molar-refractivity contribution < 1.29 is 22.4 Å². The fraction of sp³-hybridized carbons (Fsp3) is 0.500. The number of hydrogen-bond donors (Lipinski definition) is 2.